The van der Waals surface area contributed by atoms with E-state index in [1.165, 1.54) is 10.6 Å². The summed E-state index contributed by atoms with van der Waals surface area (Å²) in [5.74, 6) is 5.01. The van der Waals surface area contributed by atoms with Gasteiger partial charge in [-0.15, -0.1) is 0 Å². The molecule has 1 heterocycles. The quantitative estimate of drug-likeness (QED) is 0.550. The Morgan fingerprint density at radius 1 is 1.67 bits per heavy atom. The molecule has 0 fully saturated rings. The molecule has 0 saturated carbocycles. The number of nitrogens with zero attached hydrogens (tertiary/aromatic N) is 2. The van der Waals surface area contributed by atoms with Gasteiger partial charge in [-0.2, -0.15) is 4.98 Å². The van der Waals surface area contributed by atoms with E-state index in [0.29, 0.717) is 6.54 Å². The van der Waals surface area contributed by atoms with Crippen LogP contribution in [0.2, 0.25) is 0 Å². The van der Waals surface area contributed by atoms with Crippen LogP contribution in [0, 0.1) is 0 Å². The lowest BCUT2D eigenvalue weighted by Crippen LogP contribution is -2.25. The number of anilines is 1. The van der Waals surface area contributed by atoms with Crippen LogP contribution < -0.4 is 17.3 Å². The van der Waals surface area contributed by atoms with E-state index < -0.39 is 5.69 Å². The minimum Gasteiger partial charge on any atom is -0.383 e. The molecule has 0 unspecified atom stereocenters. The Labute approximate surface area is 68.7 Å². The van der Waals surface area contributed by atoms with Crippen LogP contribution in [0.15, 0.2) is 17.1 Å². The fourth-order valence-corrected chi connectivity index (χ4v) is 0.763. The summed E-state index contributed by atoms with van der Waals surface area (Å²) in [6.07, 6.45) is 1.55. The Morgan fingerprint density at radius 2 is 2.42 bits per heavy atom. The molecule has 4 N–H and O–H groups in total. The molecule has 66 valence electrons. The van der Waals surface area contributed by atoms with E-state index >= 15 is 0 Å². The largest absolute Gasteiger partial charge is 0.383 e. The standard InChI is InChI=1S/C6H10N4O2/c7-5-1-2-10(3-4-12-8)6(11)9-5/h1-2H,3-4,8H2,(H2,7,9,11). The minimum atomic E-state index is -0.396. The van der Waals surface area contributed by atoms with Gasteiger partial charge in [0.1, 0.15) is 5.82 Å². The Morgan fingerprint density at radius 3 is 3.00 bits per heavy atom. The normalized spacial score (nSPS) is 10.1. The van der Waals surface area contributed by atoms with Gasteiger partial charge < -0.3 is 10.6 Å². The van der Waals surface area contributed by atoms with Crippen LogP contribution in [-0.4, -0.2) is 16.2 Å². The number of rotatable bonds is 3. The van der Waals surface area contributed by atoms with E-state index in [2.05, 4.69) is 9.82 Å². The van der Waals surface area contributed by atoms with Gasteiger partial charge in [-0.3, -0.25) is 4.57 Å². The van der Waals surface area contributed by atoms with Gasteiger partial charge in [-0.1, -0.05) is 0 Å². The minimum absolute atomic E-state index is 0.213. The van der Waals surface area contributed by atoms with Gasteiger partial charge in [0, 0.05) is 6.20 Å². The third-order valence-electron chi connectivity index (χ3n) is 1.35. The average Bonchev–Trinajstić information content (AvgIpc) is 2.03. The highest BCUT2D eigenvalue weighted by atomic mass is 16.6. The first-order valence-corrected chi connectivity index (χ1v) is 3.38. The van der Waals surface area contributed by atoms with Crippen LogP contribution in [-0.2, 0) is 11.4 Å². The second-order valence-electron chi connectivity index (χ2n) is 2.20. The van der Waals surface area contributed by atoms with Crippen molar-refractivity contribution < 1.29 is 4.84 Å². The molecule has 0 aliphatic carbocycles. The van der Waals surface area contributed by atoms with E-state index in [-0.39, 0.29) is 12.4 Å². The molecule has 1 aromatic rings. The van der Waals surface area contributed by atoms with Crippen molar-refractivity contribution in [2.75, 3.05) is 12.3 Å². The maximum atomic E-state index is 11.0. The summed E-state index contributed by atoms with van der Waals surface area (Å²) in [6.45, 7) is 0.647. The zero-order chi connectivity index (χ0) is 8.97. The first-order valence-electron chi connectivity index (χ1n) is 3.38. The van der Waals surface area contributed by atoms with Crippen molar-refractivity contribution in [1.29, 1.82) is 0 Å². The van der Waals surface area contributed by atoms with Crippen molar-refractivity contribution in [3.63, 3.8) is 0 Å². The highest BCUT2D eigenvalue weighted by Crippen LogP contribution is 1.88. The predicted octanol–water partition coefficient (Wildman–Crippen LogP) is -1.28. The van der Waals surface area contributed by atoms with Gasteiger partial charge in [-0.25, -0.2) is 10.7 Å². The molecule has 0 atom stereocenters. The molecular formula is C6H10N4O2. The van der Waals surface area contributed by atoms with Crippen molar-refractivity contribution in [1.82, 2.24) is 9.55 Å². The van der Waals surface area contributed by atoms with Crippen LogP contribution in [0.4, 0.5) is 5.82 Å². The van der Waals surface area contributed by atoms with Crippen molar-refractivity contribution in [2.45, 2.75) is 6.54 Å². The highest BCUT2D eigenvalue weighted by molar-refractivity contribution is 5.23. The predicted molar refractivity (Wildman–Crippen MR) is 43.0 cm³/mol. The van der Waals surface area contributed by atoms with E-state index in [1.54, 1.807) is 6.20 Å². The number of aromatic nitrogens is 2. The number of hydrogen-bond donors (Lipinski definition) is 2. The summed E-state index contributed by atoms with van der Waals surface area (Å²) in [6, 6.07) is 1.54. The van der Waals surface area contributed by atoms with E-state index in [9.17, 15) is 4.79 Å². The third kappa shape index (κ3) is 2.04. The summed E-state index contributed by atoms with van der Waals surface area (Å²) in [7, 11) is 0. The zero-order valence-corrected chi connectivity index (χ0v) is 6.43. The van der Waals surface area contributed by atoms with E-state index in [1.807, 2.05) is 0 Å². The molecule has 0 spiro atoms. The summed E-state index contributed by atoms with van der Waals surface area (Å²) in [4.78, 5) is 18.8. The first-order chi connectivity index (χ1) is 5.74. The molecule has 1 rings (SSSR count). The lowest BCUT2D eigenvalue weighted by atomic mass is 10.5. The van der Waals surface area contributed by atoms with E-state index in [4.69, 9.17) is 11.6 Å². The molecule has 0 radical (unpaired) electrons. The van der Waals surface area contributed by atoms with Gasteiger partial charge >= 0.3 is 5.69 Å². The summed E-state index contributed by atoms with van der Waals surface area (Å²) >= 11 is 0. The number of nitrogens with two attached hydrogens (primary N) is 2. The van der Waals surface area contributed by atoms with Crippen LogP contribution in [0.5, 0.6) is 0 Å². The Bertz CT molecular complexity index is 309. The molecule has 6 nitrogen and oxygen atoms in total. The summed E-state index contributed by atoms with van der Waals surface area (Å²) < 4.78 is 1.36. The summed E-state index contributed by atoms with van der Waals surface area (Å²) in [5.41, 5.74) is 4.88. The molecule has 0 aliphatic heterocycles. The lowest BCUT2D eigenvalue weighted by molar-refractivity contribution is 0.128. The molecule has 0 amide bonds. The van der Waals surface area contributed by atoms with Gasteiger partial charge in [0.2, 0.25) is 0 Å². The Balaban J connectivity index is 2.80. The molecular weight excluding hydrogens is 160 g/mol. The van der Waals surface area contributed by atoms with Crippen molar-refractivity contribution in [3.05, 3.63) is 22.7 Å². The monoisotopic (exact) mass is 170 g/mol. The maximum absolute atomic E-state index is 11.0. The SMILES string of the molecule is NOCCn1ccc(N)nc1=O. The van der Waals surface area contributed by atoms with Crippen LogP contribution in [0.1, 0.15) is 0 Å². The maximum Gasteiger partial charge on any atom is 0.349 e. The van der Waals surface area contributed by atoms with Crippen LogP contribution in [0.3, 0.4) is 0 Å². The third-order valence-corrected chi connectivity index (χ3v) is 1.35. The zero-order valence-electron chi connectivity index (χ0n) is 6.43. The molecule has 0 aromatic carbocycles. The Hall–Kier alpha value is -1.40. The first kappa shape index (κ1) is 8.69. The number of nitrogen functional groups attached to an aromatic ring is 1. The van der Waals surface area contributed by atoms with Gasteiger partial charge in [0.05, 0.1) is 13.2 Å². The van der Waals surface area contributed by atoms with Crippen molar-refractivity contribution in [2.24, 2.45) is 5.90 Å². The fourth-order valence-electron chi connectivity index (χ4n) is 0.763. The van der Waals surface area contributed by atoms with Gasteiger partial charge in [-0.05, 0) is 6.07 Å². The second kappa shape index (κ2) is 3.84. The molecule has 0 aliphatic rings. The molecule has 12 heavy (non-hydrogen) atoms. The highest BCUT2D eigenvalue weighted by Gasteiger charge is 1.95. The van der Waals surface area contributed by atoms with Gasteiger partial charge in [0.25, 0.3) is 0 Å². The topological polar surface area (TPSA) is 96.2 Å². The lowest BCUT2D eigenvalue weighted by Gasteiger charge is -2.02. The van der Waals surface area contributed by atoms with Crippen molar-refractivity contribution >= 4 is 5.82 Å². The van der Waals surface area contributed by atoms with Gasteiger partial charge in [0.15, 0.2) is 0 Å². The Kier molecular flexibility index (Phi) is 2.78. The second-order valence-corrected chi connectivity index (χ2v) is 2.20. The molecule has 1 aromatic heterocycles. The molecule has 0 bridgehead atoms. The van der Waals surface area contributed by atoms with Crippen LogP contribution >= 0.6 is 0 Å². The fraction of sp³-hybridized carbons (Fsp3) is 0.333. The molecule has 0 saturated heterocycles. The van der Waals surface area contributed by atoms with E-state index in [0.717, 1.165) is 0 Å². The molecule has 6 heteroatoms. The van der Waals surface area contributed by atoms with Crippen molar-refractivity contribution in [3.8, 4) is 0 Å². The summed E-state index contributed by atoms with van der Waals surface area (Å²) in [5, 5.41) is 0. The smallest absolute Gasteiger partial charge is 0.349 e. The number of hydrogen-bond acceptors (Lipinski definition) is 5. The average molecular weight is 170 g/mol. The van der Waals surface area contributed by atoms with Crippen LogP contribution in [0.25, 0.3) is 0 Å².